The van der Waals surface area contributed by atoms with Crippen LogP contribution >= 0.6 is 0 Å². The Morgan fingerprint density at radius 3 is 2.39 bits per heavy atom. The van der Waals surface area contributed by atoms with Crippen LogP contribution in [0.15, 0.2) is 55.0 Å². The number of carbonyl (C=O) groups excluding carboxylic acids is 1. The number of benzene rings is 1. The number of amides is 1. The SMILES string of the molecule is CCC(O)(c1cn(Cc2ccc3c(-c4ccc(F)cc4)c(C(N)=O)cn3c2)nn1)C(F)(F)F. The van der Waals surface area contributed by atoms with Gasteiger partial charge < -0.3 is 15.2 Å². The van der Waals surface area contributed by atoms with Crippen LogP contribution in [-0.2, 0) is 12.1 Å². The quantitative estimate of drug-likeness (QED) is 0.429. The molecule has 0 saturated heterocycles. The fourth-order valence-corrected chi connectivity index (χ4v) is 3.70. The number of aliphatic hydroxyl groups is 1. The highest BCUT2D eigenvalue weighted by Crippen LogP contribution is 2.40. The number of aromatic nitrogens is 4. The molecule has 0 aliphatic rings. The first kappa shape index (κ1) is 22.5. The molecule has 4 aromatic rings. The summed E-state index contributed by atoms with van der Waals surface area (Å²) in [7, 11) is 0. The van der Waals surface area contributed by atoms with E-state index >= 15 is 0 Å². The third-order valence-corrected chi connectivity index (χ3v) is 5.52. The number of nitrogens with two attached hydrogens (primary N) is 1. The Kier molecular flexibility index (Phi) is 5.44. The summed E-state index contributed by atoms with van der Waals surface area (Å²) in [5, 5.41) is 17.3. The molecule has 0 fully saturated rings. The van der Waals surface area contributed by atoms with Gasteiger partial charge in [0.2, 0.25) is 5.60 Å². The summed E-state index contributed by atoms with van der Waals surface area (Å²) >= 11 is 0. The molecule has 7 nitrogen and oxygen atoms in total. The van der Waals surface area contributed by atoms with Crippen molar-refractivity contribution >= 4 is 11.4 Å². The molecule has 3 aromatic heterocycles. The standard InChI is InChI=1S/C22H19F4N5O2/c1-2-21(33,22(24,25)26)18-12-31(29-28-18)10-13-3-8-17-19(14-4-6-15(23)7-5-14)16(20(27)32)11-30(17)9-13/h3-9,11-12,33H,2,10H2,1H3,(H2,27,32). The van der Waals surface area contributed by atoms with Crippen molar-refractivity contribution in [3.05, 3.63) is 77.6 Å². The van der Waals surface area contributed by atoms with Gasteiger partial charge in [-0.15, -0.1) is 5.10 Å². The summed E-state index contributed by atoms with van der Waals surface area (Å²) in [6.45, 7) is 1.28. The van der Waals surface area contributed by atoms with E-state index in [1.807, 2.05) is 0 Å². The van der Waals surface area contributed by atoms with E-state index in [0.717, 1.165) is 6.20 Å². The van der Waals surface area contributed by atoms with E-state index in [2.05, 4.69) is 10.3 Å². The number of hydrogen-bond donors (Lipinski definition) is 2. The Morgan fingerprint density at radius 2 is 1.79 bits per heavy atom. The summed E-state index contributed by atoms with van der Waals surface area (Å²) < 4.78 is 56.0. The molecule has 0 saturated carbocycles. The number of alkyl halides is 3. The lowest BCUT2D eigenvalue weighted by atomic mass is 9.96. The topological polar surface area (TPSA) is 98.4 Å². The fraction of sp³-hybridized carbons (Fsp3) is 0.227. The van der Waals surface area contributed by atoms with Crippen LogP contribution in [0, 0.1) is 5.82 Å². The molecule has 172 valence electrons. The van der Waals surface area contributed by atoms with Crippen molar-refractivity contribution in [3.63, 3.8) is 0 Å². The molecule has 1 amide bonds. The maximum Gasteiger partial charge on any atom is 0.423 e. The second-order valence-corrected chi connectivity index (χ2v) is 7.63. The average molecular weight is 461 g/mol. The molecule has 0 aliphatic heterocycles. The zero-order chi connectivity index (χ0) is 24.0. The van der Waals surface area contributed by atoms with E-state index in [-0.39, 0.29) is 12.1 Å². The minimum Gasteiger partial charge on any atom is -0.375 e. The van der Waals surface area contributed by atoms with Crippen LogP contribution in [-0.4, -0.2) is 36.6 Å². The molecule has 1 aromatic carbocycles. The number of rotatable bonds is 6. The molecule has 1 atom stereocenters. The summed E-state index contributed by atoms with van der Waals surface area (Å²) in [6, 6.07) is 9.06. The van der Waals surface area contributed by atoms with Crippen LogP contribution in [0.4, 0.5) is 17.6 Å². The van der Waals surface area contributed by atoms with E-state index in [1.54, 1.807) is 22.7 Å². The molecular weight excluding hydrogens is 442 g/mol. The molecule has 3 heterocycles. The lowest BCUT2D eigenvalue weighted by Gasteiger charge is -2.26. The van der Waals surface area contributed by atoms with Crippen molar-refractivity contribution in [2.45, 2.75) is 31.7 Å². The number of halogens is 4. The lowest BCUT2D eigenvalue weighted by Crippen LogP contribution is -2.42. The van der Waals surface area contributed by atoms with Gasteiger partial charge in [-0.1, -0.05) is 30.3 Å². The third-order valence-electron chi connectivity index (χ3n) is 5.52. The highest BCUT2D eigenvalue weighted by Gasteiger charge is 2.55. The molecule has 0 aliphatic carbocycles. The van der Waals surface area contributed by atoms with Crippen LogP contribution < -0.4 is 5.73 Å². The van der Waals surface area contributed by atoms with Crippen LogP contribution in [0.3, 0.4) is 0 Å². The van der Waals surface area contributed by atoms with Crippen molar-refractivity contribution in [1.29, 1.82) is 0 Å². The zero-order valence-corrected chi connectivity index (χ0v) is 17.3. The lowest BCUT2D eigenvalue weighted by molar-refractivity contribution is -0.269. The number of nitrogens with zero attached hydrogens (tertiary/aromatic N) is 4. The molecule has 4 rings (SSSR count). The van der Waals surface area contributed by atoms with E-state index in [0.29, 0.717) is 22.2 Å². The number of primary amides is 1. The Hall–Kier alpha value is -3.73. The van der Waals surface area contributed by atoms with Gasteiger partial charge in [0.1, 0.15) is 11.5 Å². The normalized spacial score (nSPS) is 13.9. The summed E-state index contributed by atoms with van der Waals surface area (Å²) in [5.74, 6) is -1.08. The molecular formula is C22H19F4N5O2. The van der Waals surface area contributed by atoms with Crippen molar-refractivity contribution < 1.29 is 27.5 Å². The van der Waals surface area contributed by atoms with Crippen LogP contribution in [0.25, 0.3) is 16.6 Å². The van der Waals surface area contributed by atoms with Crippen LogP contribution in [0.5, 0.6) is 0 Å². The van der Waals surface area contributed by atoms with Crippen LogP contribution in [0.1, 0.15) is 35.0 Å². The smallest absolute Gasteiger partial charge is 0.375 e. The van der Waals surface area contributed by atoms with E-state index < -0.39 is 35.6 Å². The summed E-state index contributed by atoms with van der Waals surface area (Å²) in [5.41, 5.74) is 4.51. The van der Waals surface area contributed by atoms with Crippen molar-refractivity contribution in [1.82, 2.24) is 19.4 Å². The zero-order valence-electron chi connectivity index (χ0n) is 17.3. The molecule has 0 spiro atoms. The maximum absolute atomic E-state index is 13.3. The van der Waals surface area contributed by atoms with E-state index in [9.17, 15) is 27.5 Å². The van der Waals surface area contributed by atoms with E-state index in [4.69, 9.17) is 5.73 Å². The average Bonchev–Trinajstić information content (AvgIpc) is 3.38. The van der Waals surface area contributed by atoms with Gasteiger partial charge in [0.15, 0.2) is 0 Å². The predicted molar refractivity (Wildman–Crippen MR) is 111 cm³/mol. The molecule has 0 bridgehead atoms. The fourth-order valence-electron chi connectivity index (χ4n) is 3.70. The van der Waals surface area contributed by atoms with Gasteiger partial charge in [0.05, 0.1) is 23.8 Å². The first-order valence-corrected chi connectivity index (χ1v) is 9.92. The van der Waals surface area contributed by atoms with Crippen molar-refractivity contribution in [2.75, 3.05) is 0 Å². The molecule has 33 heavy (non-hydrogen) atoms. The highest BCUT2D eigenvalue weighted by molar-refractivity contribution is 6.04. The minimum absolute atomic E-state index is 0.0660. The van der Waals surface area contributed by atoms with Crippen LogP contribution in [0.2, 0.25) is 0 Å². The van der Waals surface area contributed by atoms with Gasteiger partial charge in [0, 0.05) is 18.0 Å². The Balaban J connectivity index is 1.70. The molecule has 1 unspecified atom stereocenters. The van der Waals surface area contributed by atoms with Gasteiger partial charge in [-0.3, -0.25) is 4.79 Å². The monoisotopic (exact) mass is 461 g/mol. The third kappa shape index (κ3) is 3.95. The van der Waals surface area contributed by atoms with Gasteiger partial charge in [-0.25, -0.2) is 9.07 Å². The van der Waals surface area contributed by atoms with Gasteiger partial charge >= 0.3 is 6.18 Å². The first-order chi connectivity index (χ1) is 15.5. The van der Waals surface area contributed by atoms with Crippen molar-refractivity contribution in [3.8, 4) is 11.1 Å². The maximum atomic E-state index is 13.3. The molecule has 0 radical (unpaired) electrons. The number of hydrogen-bond acceptors (Lipinski definition) is 4. The summed E-state index contributed by atoms with van der Waals surface area (Å²) in [4.78, 5) is 12.0. The predicted octanol–water partition coefficient (Wildman–Crippen LogP) is 3.64. The molecule has 11 heteroatoms. The Bertz CT molecular complexity index is 1330. The number of carbonyl (C=O) groups is 1. The number of fused-ring (bicyclic) bond motifs is 1. The van der Waals surface area contributed by atoms with Crippen molar-refractivity contribution in [2.24, 2.45) is 5.73 Å². The highest BCUT2D eigenvalue weighted by atomic mass is 19.4. The Morgan fingerprint density at radius 1 is 1.09 bits per heavy atom. The van der Waals surface area contributed by atoms with E-state index in [1.165, 1.54) is 42.1 Å². The summed E-state index contributed by atoms with van der Waals surface area (Å²) in [6.07, 6.45) is -1.24. The second kappa shape index (κ2) is 8.00. The first-order valence-electron chi connectivity index (χ1n) is 9.92. The van der Waals surface area contributed by atoms with Gasteiger partial charge in [-0.05, 0) is 35.7 Å². The van der Waals surface area contributed by atoms with Gasteiger partial charge in [0.25, 0.3) is 5.91 Å². The Labute approximate surface area is 185 Å². The molecule has 3 N–H and O–H groups in total. The largest absolute Gasteiger partial charge is 0.423 e. The van der Waals surface area contributed by atoms with Gasteiger partial charge in [-0.2, -0.15) is 13.2 Å². The minimum atomic E-state index is -4.89. The number of pyridine rings is 1. The second-order valence-electron chi connectivity index (χ2n) is 7.63.